The second-order valence-corrected chi connectivity index (χ2v) is 20.7. The average molecular weight is 668 g/mol. The molecule has 7 rings (SSSR count). The van der Waals surface area contributed by atoms with Crippen molar-refractivity contribution in [2.75, 3.05) is 0 Å². The van der Waals surface area contributed by atoms with E-state index in [1.807, 2.05) is 22.8 Å². The van der Waals surface area contributed by atoms with Crippen LogP contribution in [0.15, 0.2) is 30.3 Å². The van der Waals surface area contributed by atoms with Gasteiger partial charge in [-0.1, -0.05) is 92.9 Å². The Hall–Kier alpha value is 0.573. The monoisotopic (exact) mass is 668 g/mol. The fraction of sp³-hybridized carbons (Fsp3) is 0.811. The van der Waals surface area contributed by atoms with E-state index in [1.54, 1.807) is 154 Å². The van der Waals surface area contributed by atoms with Gasteiger partial charge in [-0.2, -0.15) is 0 Å². The van der Waals surface area contributed by atoms with Gasteiger partial charge in [0.1, 0.15) is 0 Å². The summed E-state index contributed by atoms with van der Waals surface area (Å²) in [6, 6.07) is 10.2. The van der Waals surface area contributed by atoms with Crippen molar-refractivity contribution >= 4 is 20.5 Å². The van der Waals surface area contributed by atoms with Gasteiger partial charge < -0.3 is 0 Å². The fourth-order valence-electron chi connectivity index (χ4n) is 9.52. The molecule has 6 saturated carbocycles. The molecular formula is C37H60P2Ru. The van der Waals surface area contributed by atoms with Crippen molar-refractivity contribution in [1.29, 1.82) is 0 Å². The molecule has 3 heteroatoms. The molecule has 0 heterocycles. The molecule has 0 saturated heterocycles. The molecule has 0 nitrogen and oxygen atoms in total. The molecule has 6 fully saturated rings. The van der Waals surface area contributed by atoms with Crippen LogP contribution in [0.5, 0.6) is 0 Å². The van der Waals surface area contributed by atoms with E-state index in [0.29, 0.717) is 15.8 Å². The van der Waals surface area contributed by atoms with Gasteiger partial charge in [0.25, 0.3) is 0 Å². The van der Waals surface area contributed by atoms with Crippen LogP contribution in [-0.4, -0.2) is 38.6 Å². The van der Waals surface area contributed by atoms with Crippen LogP contribution in [0.1, 0.15) is 160 Å². The van der Waals surface area contributed by atoms with Crippen molar-refractivity contribution in [2.45, 2.75) is 188 Å². The van der Waals surface area contributed by atoms with Crippen molar-refractivity contribution in [3.8, 4) is 0 Å². The Bertz CT molecular complexity index is 682. The van der Waals surface area contributed by atoms with Crippen molar-refractivity contribution in [1.82, 2.24) is 0 Å². The zero-order valence-electron chi connectivity index (χ0n) is 25.6. The van der Waals surface area contributed by atoms with E-state index in [1.165, 1.54) is 39.5 Å². The second-order valence-electron chi connectivity index (χ2n) is 14.0. The summed E-state index contributed by atoms with van der Waals surface area (Å²) in [6.07, 6.45) is 38.0. The molecule has 0 amide bonds. The Morgan fingerprint density at radius 2 is 0.625 bits per heavy atom. The number of hydrogen-bond donors (Lipinski definition) is 0. The van der Waals surface area contributed by atoms with Gasteiger partial charge in [-0.25, -0.2) is 0 Å². The maximum atomic E-state index is 2.48. The van der Waals surface area contributed by atoms with Crippen LogP contribution in [-0.2, 0) is 17.9 Å². The average Bonchev–Trinajstić information content (AvgIpc) is 3.83. The Balaban J connectivity index is 0.000000128. The van der Waals surface area contributed by atoms with E-state index in [0.717, 1.165) is 0 Å². The molecule has 0 bridgehead atoms. The van der Waals surface area contributed by atoms with Crippen molar-refractivity contribution in [3.63, 3.8) is 0 Å². The molecule has 1 aromatic carbocycles. The molecule has 1 aromatic rings. The zero-order chi connectivity index (χ0) is 27.4. The topological polar surface area (TPSA) is 0 Å². The summed E-state index contributed by atoms with van der Waals surface area (Å²) in [5.74, 6) is 0. The first-order valence-electron chi connectivity index (χ1n) is 17.9. The predicted octanol–water partition coefficient (Wildman–Crippen LogP) is 12.0. The molecule has 0 aromatic heterocycles. The van der Waals surface area contributed by atoms with Crippen molar-refractivity contribution in [3.05, 3.63) is 35.9 Å². The molecule has 0 N–H and O–H groups in total. The third kappa shape index (κ3) is 9.29. The molecular weight excluding hydrogens is 607 g/mol. The van der Waals surface area contributed by atoms with Crippen LogP contribution >= 0.6 is 15.8 Å². The Morgan fingerprint density at radius 3 is 0.800 bits per heavy atom. The van der Waals surface area contributed by atoms with Gasteiger partial charge in [0.2, 0.25) is 0 Å². The Labute approximate surface area is 261 Å². The Morgan fingerprint density at radius 1 is 0.400 bits per heavy atom. The minimum atomic E-state index is 0.436. The van der Waals surface area contributed by atoms with E-state index < -0.39 is 0 Å². The van der Waals surface area contributed by atoms with Gasteiger partial charge in [0, 0.05) is 0 Å². The summed E-state index contributed by atoms with van der Waals surface area (Å²) < 4.78 is 2.01. The standard InChI is InChI=1S/2C15H27P.C7H6.Ru/c2*1-2-8-13(7-1)16(14-9-3-4-10-14)15-11-5-6-12-15;1-7-5-3-2-4-6-7;/h2*13-15H,1-12H2;1-6H;. The van der Waals surface area contributed by atoms with Crippen molar-refractivity contribution in [2.24, 2.45) is 0 Å². The first-order valence-corrected chi connectivity index (χ1v) is 22.0. The summed E-state index contributed by atoms with van der Waals surface area (Å²) in [6.45, 7) is 0. The molecule has 0 unspecified atom stereocenters. The van der Waals surface area contributed by atoms with Crippen LogP contribution in [0, 0.1) is 0 Å². The van der Waals surface area contributed by atoms with E-state index in [2.05, 4.69) is 30.0 Å². The van der Waals surface area contributed by atoms with E-state index >= 15 is 0 Å². The second kappa shape index (κ2) is 17.8. The maximum absolute atomic E-state index is 2.48. The summed E-state index contributed by atoms with van der Waals surface area (Å²) in [5.41, 5.74) is 8.51. The zero-order valence-corrected chi connectivity index (χ0v) is 29.2. The summed E-state index contributed by atoms with van der Waals surface area (Å²) in [7, 11) is 0.872. The van der Waals surface area contributed by atoms with Crippen LogP contribution in [0.2, 0.25) is 0 Å². The fourth-order valence-corrected chi connectivity index (χ4v) is 19.2. The van der Waals surface area contributed by atoms with E-state index in [-0.39, 0.29) is 0 Å². The van der Waals surface area contributed by atoms with Crippen molar-refractivity contribution < 1.29 is 17.9 Å². The van der Waals surface area contributed by atoms with E-state index in [4.69, 9.17) is 0 Å². The molecule has 0 aliphatic heterocycles. The van der Waals surface area contributed by atoms with Crippen LogP contribution in [0.4, 0.5) is 0 Å². The molecule has 40 heavy (non-hydrogen) atoms. The molecule has 6 aliphatic rings. The predicted molar refractivity (Wildman–Crippen MR) is 179 cm³/mol. The van der Waals surface area contributed by atoms with Gasteiger partial charge >= 0.3 is 58.4 Å². The van der Waals surface area contributed by atoms with Gasteiger partial charge in [-0.05, 0) is 111 Å². The third-order valence-electron chi connectivity index (χ3n) is 11.4. The van der Waals surface area contributed by atoms with Crippen LogP contribution < -0.4 is 0 Å². The summed E-state index contributed by atoms with van der Waals surface area (Å²) in [5, 5.41) is 0. The van der Waals surface area contributed by atoms with Crippen LogP contribution in [0.25, 0.3) is 0 Å². The summed E-state index contributed by atoms with van der Waals surface area (Å²) >= 11 is 2.48. The minimum absolute atomic E-state index is 0.436. The first-order chi connectivity index (χ1) is 19.8. The summed E-state index contributed by atoms with van der Waals surface area (Å²) in [4.78, 5) is 0. The molecule has 0 radical (unpaired) electrons. The third-order valence-corrected chi connectivity index (χ3v) is 20.1. The Kier molecular flexibility index (Phi) is 14.2. The molecule has 226 valence electrons. The molecule has 0 spiro atoms. The quantitative estimate of drug-likeness (QED) is 0.201. The normalized spacial score (nSPS) is 25.6. The molecule has 6 aliphatic carbocycles. The van der Waals surface area contributed by atoms with Gasteiger partial charge in [0.05, 0.1) is 0 Å². The van der Waals surface area contributed by atoms with Crippen LogP contribution in [0.3, 0.4) is 0 Å². The number of benzene rings is 1. The number of hydrogen-bond acceptors (Lipinski definition) is 0. The number of rotatable bonds is 7. The SMILES string of the molecule is C1CCC(P(C2CCCC2)C2CCCC2)C1.C1CCC(P(C2CCCC2)C2CCCC2)C1.[Ru]=[CH]c1ccccc1. The first kappa shape index (κ1) is 32.0. The van der Waals surface area contributed by atoms with E-state index in [9.17, 15) is 0 Å². The van der Waals surface area contributed by atoms with Gasteiger partial charge in [0.15, 0.2) is 0 Å². The molecule has 0 atom stereocenters. The van der Waals surface area contributed by atoms with Gasteiger partial charge in [-0.15, -0.1) is 0 Å². The van der Waals surface area contributed by atoms with Gasteiger partial charge in [-0.3, -0.25) is 0 Å².